The summed E-state index contributed by atoms with van der Waals surface area (Å²) in [6.07, 6.45) is 4.67. The average Bonchev–Trinajstić information content (AvgIpc) is 2.85. The van der Waals surface area contributed by atoms with E-state index in [-0.39, 0.29) is 5.69 Å². The van der Waals surface area contributed by atoms with Crippen LogP contribution in [0.25, 0.3) is 0 Å². The molecule has 2 N–H and O–H groups in total. The second-order valence-corrected chi connectivity index (χ2v) is 7.07. The molecule has 5 nitrogen and oxygen atoms in total. The van der Waals surface area contributed by atoms with Gasteiger partial charge in [0.1, 0.15) is 5.82 Å². The molecule has 0 radical (unpaired) electrons. The van der Waals surface area contributed by atoms with Gasteiger partial charge in [0.15, 0.2) is 5.69 Å². The van der Waals surface area contributed by atoms with Gasteiger partial charge in [0.25, 0.3) is 0 Å². The summed E-state index contributed by atoms with van der Waals surface area (Å²) in [5.41, 5.74) is 1.47. The molecule has 2 aliphatic rings. The summed E-state index contributed by atoms with van der Waals surface area (Å²) < 4.78 is 0. The minimum absolute atomic E-state index is 0.0921. The molecule has 2 unspecified atom stereocenters. The number of carbonyl (C=O) groups is 1. The smallest absolute Gasteiger partial charge is 0.354 e. The summed E-state index contributed by atoms with van der Waals surface area (Å²) in [7, 11) is 0. The third-order valence-corrected chi connectivity index (χ3v) is 5.41. The fraction of sp³-hybridized carbons (Fsp3) is 0.400. The summed E-state index contributed by atoms with van der Waals surface area (Å²) in [5, 5.41) is 12.5. The predicted octanol–water partition coefficient (Wildman–Crippen LogP) is 3.39. The number of pyridine rings is 1. The number of hydrogen-bond donors (Lipinski definition) is 2. The number of hydrogen-bond acceptors (Lipinski definition) is 4. The third kappa shape index (κ3) is 3.51. The van der Waals surface area contributed by atoms with Crippen molar-refractivity contribution >= 4 is 11.8 Å². The quantitative estimate of drug-likeness (QED) is 0.875. The van der Waals surface area contributed by atoms with Gasteiger partial charge in [-0.15, -0.1) is 0 Å². The average molecular weight is 337 g/mol. The Kier molecular flexibility index (Phi) is 4.40. The van der Waals surface area contributed by atoms with Crippen LogP contribution in [-0.4, -0.2) is 39.1 Å². The number of fused-ring (bicyclic) bond motifs is 2. The van der Waals surface area contributed by atoms with Gasteiger partial charge in [0.2, 0.25) is 0 Å². The zero-order valence-electron chi connectivity index (χ0n) is 14.1. The first-order chi connectivity index (χ1) is 12.2. The van der Waals surface area contributed by atoms with Crippen molar-refractivity contribution in [1.82, 2.24) is 9.88 Å². The van der Waals surface area contributed by atoms with Crippen LogP contribution in [0.15, 0.2) is 48.5 Å². The number of piperidine rings is 1. The number of nitrogens with zero attached hydrogens (tertiary/aromatic N) is 2. The van der Waals surface area contributed by atoms with E-state index in [2.05, 4.69) is 45.5 Å². The van der Waals surface area contributed by atoms with Crippen LogP contribution in [0.2, 0.25) is 0 Å². The summed E-state index contributed by atoms with van der Waals surface area (Å²) in [4.78, 5) is 17.9. The van der Waals surface area contributed by atoms with E-state index >= 15 is 0 Å². The molecule has 2 bridgehead atoms. The Morgan fingerprint density at radius 2 is 1.80 bits per heavy atom. The molecule has 0 spiro atoms. The molecular weight excluding hydrogens is 314 g/mol. The standard InChI is InChI=1S/C20H23N3O2/c24-20(25)18-7-4-8-19(22-18)21-15-11-16-9-10-17(12-15)23(16)13-14-5-2-1-3-6-14/h1-8,15-17H,9-13H2,(H,21,22)(H,24,25). The van der Waals surface area contributed by atoms with Crippen molar-refractivity contribution in [3.05, 3.63) is 59.8 Å². The van der Waals surface area contributed by atoms with Crippen molar-refractivity contribution in [1.29, 1.82) is 0 Å². The first-order valence-electron chi connectivity index (χ1n) is 8.95. The molecule has 1 aromatic carbocycles. The molecule has 2 atom stereocenters. The Hall–Kier alpha value is -2.40. The minimum Gasteiger partial charge on any atom is -0.477 e. The summed E-state index contributed by atoms with van der Waals surface area (Å²) in [6, 6.07) is 17.4. The fourth-order valence-corrected chi connectivity index (χ4v) is 4.29. The number of carboxylic acids is 1. The van der Waals surface area contributed by atoms with E-state index in [1.807, 2.05) is 6.07 Å². The van der Waals surface area contributed by atoms with Crippen LogP contribution in [0, 0.1) is 0 Å². The van der Waals surface area contributed by atoms with Gasteiger partial charge in [-0.3, -0.25) is 4.90 Å². The van der Waals surface area contributed by atoms with Crippen molar-refractivity contribution in [2.75, 3.05) is 5.32 Å². The van der Waals surface area contributed by atoms with Gasteiger partial charge in [-0.05, 0) is 43.4 Å². The molecule has 2 aromatic rings. The largest absolute Gasteiger partial charge is 0.477 e. The molecule has 2 saturated heterocycles. The van der Waals surface area contributed by atoms with Gasteiger partial charge in [-0.25, -0.2) is 9.78 Å². The summed E-state index contributed by atoms with van der Waals surface area (Å²) >= 11 is 0. The topological polar surface area (TPSA) is 65.5 Å². The van der Waals surface area contributed by atoms with E-state index in [0.717, 1.165) is 19.4 Å². The Morgan fingerprint density at radius 1 is 1.08 bits per heavy atom. The number of rotatable bonds is 5. The molecule has 5 heteroatoms. The number of aromatic carboxylic acids is 1. The maximum atomic E-state index is 11.1. The highest BCUT2D eigenvalue weighted by atomic mass is 16.4. The van der Waals surface area contributed by atoms with E-state index in [4.69, 9.17) is 5.11 Å². The van der Waals surface area contributed by atoms with E-state index < -0.39 is 5.97 Å². The van der Waals surface area contributed by atoms with Crippen LogP contribution in [-0.2, 0) is 6.54 Å². The monoisotopic (exact) mass is 337 g/mol. The number of anilines is 1. The van der Waals surface area contributed by atoms with Gasteiger partial charge >= 0.3 is 5.97 Å². The Bertz CT molecular complexity index is 736. The number of aromatic nitrogens is 1. The van der Waals surface area contributed by atoms with Gasteiger partial charge in [-0.1, -0.05) is 36.4 Å². The zero-order valence-corrected chi connectivity index (χ0v) is 14.1. The molecule has 2 fully saturated rings. The molecule has 0 saturated carbocycles. The Morgan fingerprint density at radius 3 is 2.48 bits per heavy atom. The van der Waals surface area contributed by atoms with Gasteiger partial charge in [0, 0.05) is 24.7 Å². The number of benzene rings is 1. The first kappa shape index (κ1) is 16.1. The Labute approximate surface area is 147 Å². The molecule has 0 amide bonds. The number of nitrogens with one attached hydrogen (secondary N) is 1. The molecule has 0 aliphatic carbocycles. The normalized spacial score (nSPS) is 25.7. The summed E-state index contributed by atoms with van der Waals surface area (Å²) in [6.45, 7) is 1.02. The molecule has 2 aliphatic heterocycles. The van der Waals surface area contributed by atoms with Crippen LogP contribution >= 0.6 is 0 Å². The van der Waals surface area contributed by atoms with E-state index in [9.17, 15) is 4.79 Å². The lowest BCUT2D eigenvalue weighted by molar-refractivity contribution is 0.0690. The lowest BCUT2D eigenvalue weighted by Gasteiger charge is -2.39. The maximum absolute atomic E-state index is 11.1. The Balaban J connectivity index is 1.41. The van der Waals surface area contributed by atoms with E-state index in [1.54, 1.807) is 6.07 Å². The van der Waals surface area contributed by atoms with Crippen LogP contribution in [0.5, 0.6) is 0 Å². The van der Waals surface area contributed by atoms with Crippen LogP contribution < -0.4 is 5.32 Å². The maximum Gasteiger partial charge on any atom is 0.354 e. The van der Waals surface area contributed by atoms with Crippen molar-refractivity contribution in [2.45, 2.75) is 50.4 Å². The SMILES string of the molecule is O=C(O)c1cccc(NC2CC3CCC(C2)N3Cc2ccccc2)n1. The van der Waals surface area contributed by atoms with Crippen molar-refractivity contribution in [3.8, 4) is 0 Å². The highest BCUT2D eigenvalue weighted by Crippen LogP contribution is 2.37. The zero-order chi connectivity index (χ0) is 17.2. The van der Waals surface area contributed by atoms with Gasteiger partial charge in [-0.2, -0.15) is 0 Å². The molecule has 4 rings (SSSR count). The predicted molar refractivity (Wildman–Crippen MR) is 96.6 cm³/mol. The van der Waals surface area contributed by atoms with Crippen LogP contribution in [0.1, 0.15) is 41.7 Å². The first-order valence-corrected chi connectivity index (χ1v) is 8.95. The lowest BCUT2D eigenvalue weighted by atomic mass is 9.96. The van der Waals surface area contributed by atoms with Gasteiger partial charge < -0.3 is 10.4 Å². The van der Waals surface area contributed by atoms with Crippen molar-refractivity contribution in [2.24, 2.45) is 0 Å². The molecule has 1 aromatic heterocycles. The summed E-state index contributed by atoms with van der Waals surface area (Å²) in [5.74, 6) is -0.317. The second-order valence-electron chi connectivity index (χ2n) is 7.07. The van der Waals surface area contributed by atoms with E-state index in [1.165, 1.54) is 24.5 Å². The lowest BCUT2D eigenvalue weighted by Crippen LogP contribution is -2.46. The van der Waals surface area contributed by atoms with E-state index in [0.29, 0.717) is 23.9 Å². The van der Waals surface area contributed by atoms with Crippen molar-refractivity contribution < 1.29 is 9.90 Å². The number of carboxylic acid groups (broad SMARTS) is 1. The highest BCUT2D eigenvalue weighted by molar-refractivity contribution is 5.85. The molecule has 3 heterocycles. The third-order valence-electron chi connectivity index (χ3n) is 5.41. The molecular formula is C20H23N3O2. The van der Waals surface area contributed by atoms with Crippen LogP contribution in [0.4, 0.5) is 5.82 Å². The van der Waals surface area contributed by atoms with Gasteiger partial charge in [0.05, 0.1) is 0 Å². The van der Waals surface area contributed by atoms with Crippen molar-refractivity contribution in [3.63, 3.8) is 0 Å². The minimum atomic E-state index is -0.985. The highest BCUT2D eigenvalue weighted by Gasteiger charge is 2.40. The molecule has 130 valence electrons. The second kappa shape index (κ2) is 6.84. The van der Waals surface area contributed by atoms with Crippen LogP contribution in [0.3, 0.4) is 0 Å². The molecule has 25 heavy (non-hydrogen) atoms. The fourth-order valence-electron chi connectivity index (χ4n) is 4.29.